The number of rotatable bonds is 4. The normalized spacial score (nSPS) is 10.9. The third-order valence-electron chi connectivity index (χ3n) is 4.48. The number of carbonyl (C=O) groups is 1. The average molecular weight is 357 g/mol. The van der Waals surface area contributed by atoms with Gasteiger partial charge in [0.15, 0.2) is 0 Å². The Bertz CT molecular complexity index is 1120. The van der Waals surface area contributed by atoms with Crippen molar-refractivity contribution in [3.8, 4) is 5.69 Å². The Labute approximate surface area is 157 Å². The van der Waals surface area contributed by atoms with Crippen LogP contribution < -0.4 is 0 Å². The molecule has 0 atom stereocenters. The molecule has 0 radical (unpaired) electrons. The lowest BCUT2D eigenvalue weighted by molar-refractivity contribution is 0.0472. The molecule has 0 saturated carbocycles. The highest BCUT2D eigenvalue weighted by atomic mass is 16.5. The van der Waals surface area contributed by atoms with Gasteiger partial charge in [-0.3, -0.25) is 4.98 Å². The minimum Gasteiger partial charge on any atom is -0.457 e. The van der Waals surface area contributed by atoms with Gasteiger partial charge in [0.05, 0.1) is 28.7 Å². The molecule has 0 spiro atoms. The Morgan fingerprint density at radius 2 is 1.89 bits per heavy atom. The number of nitrogens with zero attached hydrogens (tertiary/aromatic N) is 3. The summed E-state index contributed by atoms with van der Waals surface area (Å²) >= 11 is 0. The Kier molecular flexibility index (Phi) is 4.42. The molecule has 0 saturated heterocycles. The van der Waals surface area contributed by atoms with E-state index in [1.807, 2.05) is 68.4 Å². The van der Waals surface area contributed by atoms with E-state index < -0.39 is 0 Å². The Morgan fingerprint density at radius 1 is 1.07 bits per heavy atom. The lowest BCUT2D eigenvalue weighted by atomic mass is 10.1. The van der Waals surface area contributed by atoms with Crippen LogP contribution in [0.4, 0.5) is 0 Å². The molecule has 0 amide bonds. The predicted molar refractivity (Wildman–Crippen MR) is 104 cm³/mol. The van der Waals surface area contributed by atoms with Crippen LogP contribution in [0.5, 0.6) is 0 Å². The van der Waals surface area contributed by atoms with Crippen LogP contribution in [0, 0.1) is 13.8 Å². The largest absolute Gasteiger partial charge is 0.457 e. The van der Waals surface area contributed by atoms with Gasteiger partial charge in [0, 0.05) is 11.6 Å². The minimum absolute atomic E-state index is 0.230. The first kappa shape index (κ1) is 17.0. The van der Waals surface area contributed by atoms with Crippen LogP contribution in [-0.2, 0) is 11.3 Å². The summed E-state index contributed by atoms with van der Waals surface area (Å²) in [6.07, 6.45) is 3.50. The van der Waals surface area contributed by atoms with Crippen molar-refractivity contribution in [3.05, 3.63) is 89.4 Å². The Hall–Kier alpha value is -3.47. The molecule has 5 nitrogen and oxygen atoms in total. The molecule has 0 bridgehead atoms. The van der Waals surface area contributed by atoms with Crippen LogP contribution >= 0.6 is 0 Å². The molecule has 2 heterocycles. The maximum atomic E-state index is 12.8. The molecule has 27 heavy (non-hydrogen) atoms. The highest BCUT2D eigenvalue weighted by Gasteiger charge is 2.18. The number of fused-ring (bicyclic) bond motifs is 1. The molecule has 0 N–H and O–H groups in total. The second-order valence-corrected chi connectivity index (χ2v) is 6.47. The maximum absolute atomic E-state index is 12.8. The smallest absolute Gasteiger partial charge is 0.340 e. The number of carbonyl (C=O) groups excluding carboxylic acids is 1. The molecule has 0 unspecified atom stereocenters. The number of ether oxygens (including phenoxy) is 1. The topological polar surface area (TPSA) is 57.0 Å². The number of hydrogen-bond acceptors (Lipinski definition) is 4. The van der Waals surface area contributed by atoms with Gasteiger partial charge in [-0.1, -0.05) is 42.0 Å². The highest BCUT2D eigenvalue weighted by molar-refractivity contribution is 5.95. The molecule has 2 aromatic heterocycles. The zero-order chi connectivity index (χ0) is 18.8. The third kappa shape index (κ3) is 3.31. The monoisotopic (exact) mass is 357 g/mol. The van der Waals surface area contributed by atoms with E-state index in [4.69, 9.17) is 4.74 Å². The van der Waals surface area contributed by atoms with E-state index in [0.717, 1.165) is 27.7 Å². The van der Waals surface area contributed by atoms with Crippen LogP contribution in [0.3, 0.4) is 0 Å². The number of esters is 1. The van der Waals surface area contributed by atoms with Gasteiger partial charge in [-0.15, -0.1) is 0 Å². The quantitative estimate of drug-likeness (QED) is 0.508. The first-order valence-electron chi connectivity index (χ1n) is 8.75. The molecule has 0 aliphatic carbocycles. The first-order valence-corrected chi connectivity index (χ1v) is 8.75. The molecular weight excluding hydrogens is 338 g/mol. The zero-order valence-electron chi connectivity index (χ0n) is 15.2. The van der Waals surface area contributed by atoms with Crippen molar-refractivity contribution >= 4 is 16.9 Å². The van der Waals surface area contributed by atoms with E-state index >= 15 is 0 Å². The summed E-state index contributed by atoms with van der Waals surface area (Å²) in [6, 6.07) is 17.3. The van der Waals surface area contributed by atoms with Crippen molar-refractivity contribution in [1.29, 1.82) is 0 Å². The van der Waals surface area contributed by atoms with E-state index in [-0.39, 0.29) is 12.6 Å². The van der Waals surface area contributed by atoms with E-state index in [0.29, 0.717) is 11.3 Å². The predicted octanol–water partition coefficient (Wildman–Crippen LogP) is 4.39. The highest BCUT2D eigenvalue weighted by Crippen LogP contribution is 2.24. The number of benzene rings is 2. The number of hydrogen-bond donors (Lipinski definition) is 0. The lowest BCUT2D eigenvalue weighted by Gasteiger charge is -2.12. The maximum Gasteiger partial charge on any atom is 0.340 e. The standard InChI is InChI=1S/C22H19N3O2/c1-15-8-9-20(25-21-13-23-11-10-18(21)16(2)24-25)19(12-15)22(26)27-14-17-6-4-3-5-7-17/h3-13H,14H2,1-2H3. The number of aryl methyl sites for hydroxylation is 2. The fraction of sp³-hybridized carbons (Fsp3) is 0.136. The van der Waals surface area contributed by atoms with Crippen LogP contribution in [0.25, 0.3) is 16.6 Å². The summed E-state index contributed by atoms with van der Waals surface area (Å²) in [5, 5.41) is 5.63. The van der Waals surface area contributed by atoms with E-state index in [1.54, 1.807) is 17.1 Å². The van der Waals surface area contributed by atoms with Crippen molar-refractivity contribution in [2.45, 2.75) is 20.5 Å². The fourth-order valence-corrected chi connectivity index (χ4v) is 3.10. The van der Waals surface area contributed by atoms with Gasteiger partial charge in [-0.05, 0) is 37.6 Å². The van der Waals surface area contributed by atoms with Gasteiger partial charge in [-0.2, -0.15) is 5.10 Å². The lowest BCUT2D eigenvalue weighted by Crippen LogP contribution is -2.11. The van der Waals surface area contributed by atoms with Crippen molar-refractivity contribution in [3.63, 3.8) is 0 Å². The van der Waals surface area contributed by atoms with Gasteiger partial charge in [0.2, 0.25) is 0 Å². The van der Waals surface area contributed by atoms with Crippen LogP contribution in [0.15, 0.2) is 67.0 Å². The van der Waals surface area contributed by atoms with Gasteiger partial charge < -0.3 is 4.74 Å². The van der Waals surface area contributed by atoms with Gasteiger partial charge in [0.1, 0.15) is 6.61 Å². The van der Waals surface area contributed by atoms with Gasteiger partial charge in [-0.25, -0.2) is 9.48 Å². The molecule has 2 aromatic carbocycles. The molecule has 134 valence electrons. The van der Waals surface area contributed by atoms with Crippen molar-refractivity contribution in [1.82, 2.24) is 14.8 Å². The van der Waals surface area contributed by atoms with E-state index in [2.05, 4.69) is 10.1 Å². The summed E-state index contributed by atoms with van der Waals surface area (Å²) in [4.78, 5) is 17.0. The summed E-state index contributed by atoms with van der Waals surface area (Å²) < 4.78 is 7.31. The number of pyridine rings is 1. The second kappa shape index (κ2) is 7.03. The van der Waals surface area contributed by atoms with Gasteiger partial charge in [0.25, 0.3) is 0 Å². The SMILES string of the molecule is Cc1ccc(-n2nc(C)c3ccncc32)c(C(=O)OCc2ccccc2)c1. The van der Waals surface area contributed by atoms with Gasteiger partial charge >= 0.3 is 5.97 Å². The molecule has 4 rings (SSSR count). The molecule has 5 heteroatoms. The molecule has 4 aromatic rings. The average Bonchev–Trinajstić information content (AvgIpc) is 3.04. The van der Waals surface area contributed by atoms with Crippen molar-refractivity contribution < 1.29 is 9.53 Å². The summed E-state index contributed by atoms with van der Waals surface area (Å²) in [6.45, 7) is 4.12. The van der Waals surface area contributed by atoms with Crippen LogP contribution in [0.2, 0.25) is 0 Å². The Balaban J connectivity index is 1.73. The fourth-order valence-electron chi connectivity index (χ4n) is 3.10. The summed E-state index contributed by atoms with van der Waals surface area (Å²) in [7, 11) is 0. The van der Waals surface area contributed by atoms with E-state index in [1.165, 1.54) is 0 Å². The molecule has 0 aliphatic rings. The summed E-state index contributed by atoms with van der Waals surface area (Å²) in [5.74, 6) is -0.372. The van der Waals surface area contributed by atoms with Crippen molar-refractivity contribution in [2.24, 2.45) is 0 Å². The zero-order valence-corrected chi connectivity index (χ0v) is 15.2. The van der Waals surface area contributed by atoms with Crippen LogP contribution in [0.1, 0.15) is 27.2 Å². The third-order valence-corrected chi connectivity index (χ3v) is 4.48. The molecule has 0 fully saturated rings. The van der Waals surface area contributed by atoms with Crippen LogP contribution in [-0.4, -0.2) is 20.7 Å². The molecular formula is C22H19N3O2. The summed E-state index contributed by atoms with van der Waals surface area (Å²) in [5.41, 5.74) is 4.85. The van der Waals surface area contributed by atoms with E-state index in [9.17, 15) is 4.79 Å². The van der Waals surface area contributed by atoms with Crippen molar-refractivity contribution in [2.75, 3.05) is 0 Å². The first-order chi connectivity index (χ1) is 13.1. The number of aromatic nitrogens is 3. The Morgan fingerprint density at radius 3 is 2.70 bits per heavy atom. The minimum atomic E-state index is -0.372. The molecule has 0 aliphatic heterocycles. The second-order valence-electron chi connectivity index (χ2n) is 6.47.